The molecular weight excluding hydrogens is 454 g/mol. The Morgan fingerprint density at radius 2 is 1.70 bits per heavy atom. The largest absolute Gasteiger partial charge is 0.325 e. The lowest BCUT2D eigenvalue weighted by Crippen LogP contribution is -2.37. The number of hydrogen-bond acceptors (Lipinski definition) is 5. The minimum absolute atomic E-state index is 0.305. The van der Waals surface area contributed by atoms with Crippen molar-refractivity contribution in [2.45, 2.75) is 20.8 Å². The van der Waals surface area contributed by atoms with Crippen LogP contribution in [0.4, 0.5) is 11.4 Å². The molecular formula is C25H25N3O3S2. The van der Waals surface area contributed by atoms with E-state index in [4.69, 9.17) is 0 Å². The number of fused-ring (bicyclic) bond motifs is 1. The fraction of sp³-hybridized carbons (Fsp3) is 0.200. The number of thiazole rings is 1. The lowest BCUT2D eigenvalue weighted by Gasteiger charge is -2.22. The van der Waals surface area contributed by atoms with Crippen LogP contribution in [-0.2, 0) is 14.8 Å². The molecule has 4 rings (SSSR count). The molecule has 0 atom stereocenters. The van der Waals surface area contributed by atoms with Gasteiger partial charge in [-0.3, -0.25) is 9.10 Å². The summed E-state index contributed by atoms with van der Waals surface area (Å²) < 4.78 is 27.0. The van der Waals surface area contributed by atoms with Gasteiger partial charge >= 0.3 is 0 Å². The first-order valence-electron chi connectivity index (χ1n) is 10.4. The molecule has 3 aromatic carbocycles. The predicted octanol–water partition coefficient (Wildman–Crippen LogP) is 5.29. The molecule has 0 aliphatic heterocycles. The topological polar surface area (TPSA) is 79.4 Å². The fourth-order valence-electron chi connectivity index (χ4n) is 3.46. The Bertz CT molecular complexity index is 1440. The highest BCUT2D eigenvalue weighted by atomic mass is 32.2. The lowest BCUT2D eigenvalue weighted by molar-refractivity contribution is -0.114. The summed E-state index contributed by atoms with van der Waals surface area (Å²) in [5.74, 6) is -0.415. The third-order valence-electron chi connectivity index (χ3n) is 5.43. The number of aromatic nitrogens is 1. The molecule has 170 valence electrons. The normalized spacial score (nSPS) is 11.5. The van der Waals surface area contributed by atoms with Gasteiger partial charge in [-0.05, 0) is 86.0 Å². The van der Waals surface area contributed by atoms with Crippen molar-refractivity contribution in [2.24, 2.45) is 0 Å². The van der Waals surface area contributed by atoms with Crippen molar-refractivity contribution in [1.82, 2.24) is 4.98 Å². The van der Waals surface area contributed by atoms with Crippen molar-refractivity contribution in [3.8, 4) is 10.6 Å². The van der Waals surface area contributed by atoms with Crippen molar-refractivity contribution < 1.29 is 13.2 Å². The quantitative estimate of drug-likeness (QED) is 0.407. The summed E-state index contributed by atoms with van der Waals surface area (Å²) in [5, 5.41) is 3.70. The van der Waals surface area contributed by atoms with Crippen LogP contribution in [0, 0.1) is 20.8 Å². The Morgan fingerprint density at radius 1 is 0.970 bits per heavy atom. The molecule has 0 radical (unpaired) electrons. The zero-order valence-electron chi connectivity index (χ0n) is 18.9. The fourth-order valence-corrected chi connectivity index (χ4v) is 5.38. The number of sulfonamides is 1. The molecule has 1 N–H and O–H groups in total. The zero-order chi connectivity index (χ0) is 23.8. The molecule has 0 aliphatic rings. The van der Waals surface area contributed by atoms with E-state index >= 15 is 0 Å². The average Bonchev–Trinajstić information content (AvgIpc) is 3.17. The predicted molar refractivity (Wildman–Crippen MR) is 137 cm³/mol. The first kappa shape index (κ1) is 22.9. The first-order chi connectivity index (χ1) is 15.6. The summed E-state index contributed by atoms with van der Waals surface area (Å²) >= 11 is 1.62. The number of nitrogens with zero attached hydrogens (tertiary/aromatic N) is 2. The van der Waals surface area contributed by atoms with E-state index in [0.717, 1.165) is 42.5 Å². The number of carbonyl (C=O) groups is 1. The van der Waals surface area contributed by atoms with Crippen LogP contribution in [0.3, 0.4) is 0 Å². The second-order valence-corrected chi connectivity index (χ2v) is 11.1. The van der Waals surface area contributed by atoms with E-state index in [0.29, 0.717) is 11.4 Å². The van der Waals surface area contributed by atoms with Gasteiger partial charge in [0.25, 0.3) is 0 Å². The smallest absolute Gasteiger partial charge is 0.245 e. The zero-order valence-corrected chi connectivity index (χ0v) is 20.5. The van der Waals surface area contributed by atoms with Gasteiger partial charge in [-0.1, -0.05) is 12.1 Å². The lowest BCUT2D eigenvalue weighted by atomic mass is 10.1. The number of carbonyl (C=O) groups excluding carboxylic acids is 1. The Labute approximate surface area is 198 Å². The second kappa shape index (κ2) is 8.96. The van der Waals surface area contributed by atoms with Crippen LogP contribution in [-0.4, -0.2) is 32.1 Å². The minimum atomic E-state index is -3.63. The van der Waals surface area contributed by atoms with E-state index in [1.165, 1.54) is 5.56 Å². The highest BCUT2D eigenvalue weighted by Gasteiger charge is 2.21. The first-order valence-corrected chi connectivity index (χ1v) is 13.1. The molecule has 1 amide bonds. The average molecular weight is 480 g/mol. The van der Waals surface area contributed by atoms with Crippen LogP contribution < -0.4 is 9.62 Å². The van der Waals surface area contributed by atoms with Gasteiger partial charge in [0.15, 0.2) is 0 Å². The summed E-state index contributed by atoms with van der Waals surface area (Å²) in [6.45, 7) is 5.62. The number of aryl methyl sites for hydroxylation is 3. The Balaban J connectivity index is 1.49. The molecule has 0 bridgehead atoms. The molecule has 0 saturated heterocycles. The maximum absolute atomic E-state index is 12.7. The summed E-state index contributed by atoms with van der Waals surface area (Å²) in [7, 11) is -3.63. The minimum Gasteiger partial charge on any atom is -0.325 e. The number of anilines is 2. The van der Waals surface area contributed by atoms with E-state index in [2.05, 4.69) is 23.3 Å². The number of hydrogen-bond donors (Lipinski definition) is 1. The summed E-state index contributed by atoms with van der Waals surface area (Å²) in [6.07, 6.45) is 1.10. The van der Waals surface area contributed by atoms with Crippen molar-refractivity contribution in [3.63, 3.8) is 0 Å². The van der Waals surface area contributed by atoms with Crippen LogP contribution in [0.15, 0.2) is 60.7 Å². The van der Waals surface area contributed by atoms with Gasteiger partial charge in [0, 0.05) is 11.3 Å². The van der Waals surface area contributed by atoms with Crippen molar-refractivity contribution in [3.05, 3.63) is 77.4 Å². The Hall–Kier alpha value is -3.23. The highest BCUT2D eigenvalue weighted by molar-refractivity contribution is 7.92. The van der Waals surface area contributed by atoms with Crippen molar-refractivity contribution in [2.75, 3.05) is 22.4 Å². The number of amides is 1. The van der Waals surface area contributed by atoms with Crippen LogP contribution in [0.1, 0.15) is 16.7 Å². The second-order valence-electron chi connectivity index (χ2n) is 8.15. The maximum Gasteiger partial charge on any atom is 0.245 e. The number of benzene rings is 3. The molecule has 0 spiro atoms. The third-order valence-corrected chi connectivity index (χ3v) is 7.63. The van der Waals surface area contributed by atoms with E-state index in [-0.39, 0.29) is 6.54 Å². The van der Waals surface area contributed by atoms with Gasteiger partial charge in [-0.25, -0.2) is 13.4 Å². The molecule has 1 aromatic heterocycles. The molecule has 0 unspecified atom stereocenters. The molecule has 6 nitrogen and oxygen atoms in total. The maximum atomic E-state index is 12.7. The van der Waals surface area contributed by atoms with Crippen LogP contribution in [0.25, 0.3) is 20.8 Å². The molecule has 0 aliphatic carbocycles. The van der Waals surface area contributed by atoms with Crippen LogP contribution in [0.2, 0.25) is 0 Å². The molecule has 4 aromatic rings. The standard InChI is InChI=1S/C25H25N3O3S2/c1-16-5-12-22-23(13-16)32-25(27-22)19-7-9-20(10-8-19)26-24(29)15-28(33(4,30)31)21-11-6-17(2)18(3)14-21/h5-14H,15H2,1-4H3,(H,26,29). The molecule has 1 heterocycles. The van der Waals surface area contributed by atoms with Gasteiger partial charge in [-0.15, -0.1) is 11.3 Å². The van der Waals surface area contributed by atoms with Gasteiger partial charge < -0.3 is 5.32 Å². The molecule has 0 saturated carbocycles. The van der Waals surface area contributed by atoms with Crippen molar-refractivity contribution >= 4 is 48.9 Å². The Kier molecular flexibility index (Phi) is 6.23. The van der Waals surface area contributed by atoms with E-state index in [9.17, 15) is 13.2 Å². The Morgan fingerprint density at radius 3 is 2.36 bits per heavy atom. The van der Waals surface area contributed by atoms with Gasteiger partial charge in [0.1, 0.15) is 11.6 Å². The van der Waals surface area contributed by atoms with E-state index in [1.807, 2.05) is 44.2 Å². The molecule has 8 heteroatoms. The highest BCUT2D eigenvalue weighted by Crippen LogP contribution is 2.31. The van der Waals surface area contributed by atoms with Gasteiger partial charge in [0.05, 0.1) is 22.2 Å². The summed E-state index contributed by atoms with van der Waals surface area (Å²) in [5.41, 5.74) is 6.19. The monoisotopic (exact) mass is 479 g/mol. The SMILES string of the molecule is Cc1ccc2nc(-c3ccc(NC(=O)CN(c4ccc(C)c(C)c4)S(C)(=O)=O)cc3)sc2c1. The van der Waals surface area contributed by atoms with Gasteiger partial charge in [0.2, 0.25) is 15.9 Å². The van der Waals surface area contributed by atoms with Crippen molar-refractivity contribution in [1.29, 1.82) is 0 Å². The number of nitrogens with one attached hydrogen (secondary N) is 1. The van der Waals surface area contributed by atoms with Gasteiger partial charge in [-0.2, -0.15) is 0 Å². The molecule has 0 fully saturated rings. The third kappa shape index (κ3) is 5.23. The number of rotatable bonds is 6. The summed E-state index contributed by atoms with van der Waals surface area (Å²) in [6, 6.07) is 18.9. The van der Waals surface area contributed by atoms with E-state index < -0.39 is 15.9 Å². The van der Waals surface area contributed by atoms with Crippen LogP contribution in [0.5, 0.6) is 0 Å². The van der Waals surface area contributed by atoms with Crippen LogP contribution >= 0.6 is 11.3 Å². The van der Waals surface area contributed by atoms with E-state index in [1.54, 1.807) is 35.6 Å². The summed E-state index contributed by atoms with van der Waals surface area (Å²) in [4.78, 5) is 17.4. The molecule has 33 heavy (non-hydrogen) atoms.